The fraction of sp³-hybridized carbons (Fsp3) is 0.143. The monoisotopic (exact) mass is 212 g/mol. The lowest BCUT2D eigenvalue weighted by molar-refractivity contribution is -0.384. The fourth-order valence-corrected chi connectivity index (χ4v) is 1.41. The van der Waals surface area contributed by atoms with Crippen LogP contribution in [0.15, 0.2) is 12.1 Å². The van der Waals surface area contributed by atoms with Crippen molar-refractivity contribution in [2.45, 2.75) is 6.92 Å². The molecule has 0 saturated heterocycles. The summed E-state index contributed by atoms with van der Waals surface area (Å²) in [5, 5.41) is 28.7. The van der Waals surface area contributed by atoms with Crippen molar-refractivity contribution in [1.29, 1.82) is 0 Å². The van der Waals surface area contributed by atoms with E-state index >= 15 is 0 Å². The summed E-state index contributed by atoms with van der Waals surface area (Å²) in [6, 6.07) is 2.35. The normalized spacial score (nSPS) is 16.5. The molecular formula is C7H7BNO6-. The molecule has 7 nitrogen and oxygen atoms in total. The lowest BCUT2D eigenvalue weighted by Crippen LogP contribution is -2.45. The van der Waals surface area contributed by atoms with Gasteiger partial charge in [-0.15, -0.1) is 0 Å². The van der Waals surface area contributed by atoms with Crippen molar-refractivity contribution in [1.82, 2.24) is 0 Å². The number of nitro benzene ring substituents is 1. The van der Waals surface area contributed by atoms with Crippen LogP contribution in [-0.4, -0.2) is 21.9 Å². The molecule has 1 aromatic carbocycles. The van der Waals surface area contributed by atoms with Crippen LogP contribution in [0.3, 0.4) is 0 Å². The standard InChI is InChI=1S/C7H7BNO6/c1-4-2-5(9(12)13)3-6-7(4)15-8(10,11)14-6/h2-3,10-11H,1H3/q-1. The highest BCUT2D eigenvalue weighted by molar-refractivity contribution is 6.53. The van der Waals surface area contributed by atoms with Crippen molar-refractivity contribution < 1.29 is 24.3 Å². The Kier molecular flexibility index (Phi) is 1.85. The number of rotatable bonds is 1. The first kappa shape index (κ1) is 9.75. The largest absolute Gasteiger partial charge is 0.647 e. The van der Waals surface area contributed by atoms with Gasteiger partial charge in [-0.1, -0.05) is 0 Å². The van der Waals surface area contributed by atoms with Gasteiger partial charge in [-0.25, -0.2) is 0 Å². The molecule has 0 fully saturated rings. The van der Waals surface area contributed by atoms with Crippen LogP contribution < -0.4 is 9.31 Å². The van der Waals surface area contributed by atoms with Crippen molar-refractivity contribution in [2.75, 3.05) is 0 Å². The molecule has 0 saturated carbocycles. The molecule has 0 aliphatic carbocycles. The van der Waals surface area contributed by atoms with Crippen LogP contribution >= 0.6 is 0 Å². The highest BCUT2D eigenvalue weighted by atomic mass is 16.8. The number of hydrogen-bond acceptors (Lipinski definition) is 6. The summed E-state index contributed by atoms with van der Waals surface area (Å²) in [4.78, 5) is 9.90. The molecule has 0 radical (unpaired) electrons. The Balaban J connectivity index is 2.51. The third-order valence-corrected chi connectivity index (χ3v) is 1.99. The SMILES string of the molecule is Cc1cc([N+](=O)[O-])cc2c1O[B-](O)(O)O2. The van der Waals surface area contributed by atoms with E-state index in [1.807, 2.05) is 0 Å². The number of fused-ring (bicyclic) bond motifs is 1. The Hall–Kier alpha value is -1.80. The quantitative estimate of drug-likeness (QED) is 0.388. The first-order valence-corrected chi connectivity index (χ1v) is 4.14. The average Bonchev–Trinajstić information content (AvgIpc) is 2.39. The smallest absolute Gasteiger partial charge is 0.632 e. The molecular weight excluding hydrogens is 205 g/mol. The maximum Gasteiger partial charge on any atom is 0.647 e. The summed E-state index contributed by atoms with van der Waals surface area (Å²) in [6.45, 7) is -1.83. The summed E-state index contributed by atoms with van der Waals surface area (Å²) in [6.07, 6.45) is 0. The Bertz CT molecular complexity index is 445. The number of nitro groups is 1. The van der Waals surface area contributed by atoms with E-state index < -0.39 is 11.9 Å². The van der Waals surface area contributed by atoms with Gasteiger partial charge in [0.25, 0.3) is 5.69 Å². The van der Waals surface area contributed by atoms with Crippen molar-refractivity contribution in [3.63, 3.8) is 0 Å². The topological polar surface area (TPSA) is 102 Å². The zero-order valence-corrected chi connectivity index (χ0v) is 7.71. The highest BCUT2D eigenvalue weighted by Gasteiger charge is 2.37. The van der Waals surface area contributed by atoms with Crippen LogP contribution in [0.4, 0.5) is 5.69 Å². The molecule has 0 spiro atoms. The van der Waals surface area contributed by atoms with E-state index in [9.17, 15) is 10.1 Å². The molecule has 1 aliphatic heterocycles. The van der Waals surface area contributed by atoms with Crippen LogP contribution in [0.2, 0.25) is 0 Å². The van der Waals surface area contributed by atoms with Crippen LogP contribution in [0.5, 0.6) is 11.5 Å². The number of non-ortho nitro benzene ring substituents is 1. The van der Waals surface area contributed by atoms with E-state index in [-0.39, 0.29) is 17.2 Å². The van der Waals surface area contributed by atoms with Gasteiger partial charge < -0.3 is 19.4 Å². The second-order valence-corrected chi connectivity index (χ2v) is 3.22. The first-order valence-electron chi connectivity index (χ1n) is 4.14. The molecule has 0 amide bonds. The molecule has 2 rings (SSSR count). The molecule has 80 valence electrons. The molecule has 0 bridgehead atoms. The van der Waals surface area contributed by atoms with E-state index in [2.05, 4.69) is 9.31 Å². The molecule has 8 heteroatoms. The van der Waals surface area contributed by atoms with Crippen LogP contribution in [-0.2, 0) is 0 Å². The first-order chi connectivity index (χ1) is 6.89. The molecule has 0 unspecified atom stereocenters. The van der Waals surface area contributed by atoms with Crippen molar-refractivity contribution in [3.05, 3.63) is 27.8 Å². The van der Waals surface area contributed by atoms with Gasteiger partial charge in [0, 0.05) is 6.07 Å². The van der Waals surface area contributed by atoms with Crippen LogP contribution in [0.1, 0.15) is 5.56 Å². The highest BCUT2D eigenvalue weighted by Crippen LogP contribution is 2.41. The average molecular weight is 212 g/mol. The third-order valence-electron chi connectivity index (χ3n) is 1.99. The van der Waals surface area contributed by atoms with Crippen molar-refractivity contribution >= 4 is 12.6 Å². The number of nitrogens with zero attached hydrogens (tertiary/aromatic N) is 1. The number of hydrogen-bond donors (Lipinski definition) is 2. The van der Waals surface area contributed by atoms with Crippen molar-refractivity contribution in [3.8, 4) is 11.5 Å². The fourth-order valence-electron chi connectivity index (χ4n) is 1.41. The Labute approximate surface area is 84.1 Å². The van der Waals surface area contributed by atoms with E-state index in [4.69, 9.17) is 10.0 Å². The predicted octanol–water partition coefficient (Wildman–Crippen LogP) is 0.0946. The predicted molar refractivity (Wildman–Crippen MR) is 49.3 cm³/mol. The van der Waals surface area contributed by atoms with Gasteiger partial charge in [-0.05, 0) is 12.5 Å². The van der Waals surface area contributed by atoms with Gasteiger partial charge in [-0.3, -0.25) is 10.1 Å². The minimum atomic E-state index is -3.38. The van der Waals surface area contributed by atoms with Gasteiger partial charge in [0.15, 0.2) is 0 Å². The maximum absolute atomic E-state index is 10.5. The molecule has 1 heterocycles. The lowest BCUT2D eigenvalue weighted by Gasteiger charge is -2.20. The maximum atomic E-state index is 10.5. The van der Waals surface area contributed by atoms with Crippen LogP contribution in [0.25, 0.3) is 0 Å². The molecule has 0 aromatic heterocycles. The molecule has 1 aliphatic rings. The number of aryl methyl sites for hydroxylation is 1. The minimum absolute atomic E-state index is 0.0355. The summed E-state index contributed by atoms with van der Waals surface area (Å²) in [5.74, 6) is 0.0808. The zero-order chi connectivity index (χ0) is 11.2. The second-order valence-electron chi connectivity index (χ2n) is 3.22. The summed E-state index contributed by atoms with van der Waals surface area (Å²) in [5.41, 5.74) is 0.217. The Morgan fingerprint density at radius 2 is 2.07 bits per heavy atom. The minimum Gasteiger partial charge on any atom is -0.632 e. The molecule has 0 atom stereocenters. The molecule has 1 aromatic rings. The lowest BCUT2D eigenvalue weighted by atomic mass is 10.1. The van der Waals surface area contributed by atoms with Gasteiger partial charge in [0.2, 0.25) is 0 Å². The van der Waals surface area contributed by atoms with Gasteiger partial charge in [-0.2, -0.15) is 0 Å². The van der Waals surface area contributed by atoms with E-state index in [0.29, 0.717) is 5.56 Å². The molecule has 2 N–H and O–H groups in total. The van der Waals surface area contributed by atoms with Crippen LogP contribution in [0, 0.1) is 17.0 Å². The third kappa shape index (κ3) is 1.60. The number of benzene rings is 1. The van der Waals surface area contributed by atoms with Gasteiger partial charge >= 0.3 is 6.96 Å². The summed E-state index contributed by atoms with van der Waals surface area (Å²) in [7, 11) is 0. The van der Waals surface area contributed by atoms with E-state index in [0.717, 1.165) is 6.07 Å². The van der Waals surface area contributed by atoms with Gasteiger partial charge in [0.05, 0.1) is 11.0 Å². The Morgan fingerprint density at radius 1 is 1.40 bits per heavy atom. The van der Waals surface area contributed by atoms with E-state index in [1.165, 1.54) is 6.07 Å². The Morgan fingerprint density at radius 3 is 2.67 bits per heavy atom. The summed E-state index contributed by atoms with van der Waals surface area (Å²) >= 11 is 0. The summed E-state index contributed by atoms with van der Waals surface area (Å²) < 4.78 is 9.30. The molecule has 15 heavy (non-hydrogen) atoms. The van der Waals surface area contributed by atoms with E-state index in [1.54, 1.807) is 6.92 Å². The zero-order valence-electron chi connectivity index (χ0n) is 7.71. The second kappa shape index (κ2) is 2.85. The van der Waals surface area contributed by atoms with Gasteiger partial charge in [0.1, 0.15) is 11.5 Å². The van der Waals surface area contributed by atoms with Crippen molar-refractivity contribution in [2.24, 2.45) is 0 Å².